The van der Waals surface area contributed by atoms with Crippen molar-refractivity contribution in [3.05, 3.63) is 195 Å². The summed E-state index contributed by atoms with van der Waals surface area (Å²) in [5, 5.41) is 2.21. The molecule has 6 heteroatoms. The number of imidazole rings is 1. The average Bonchev–Trinajstić information content (AvgIpc) is 4.02. The first-order chi connectivity index (χ1) is 36.3. The zero-order valence-electron chi connectivity index (χ0n) is 49.1. The number of fused-ring (bicyclic) bond motifs is 6. The molecule has 336 valence electrons. The Balaban J connectivity index is 1.14. The molecule has 0 fully saturated rings. The van der Waals surface area contributed by atoms with Gasteiger partial charge in [-0.2, -0.15) is 0 Å². The van der Waals surface area contributed by atoms with Gasteiger partial charge in [0, 0.05) is 6.20 Å². The Bertz CT molecular complexity index is 4160. The number of hydrogen-bond donors (Lipinski definition) is 0. The van der Waals surface area contributed by atoms with E-state index >= 15 is 0 Å². The predicted octanol–water partition coefficient (Wildman–Crippen LogP) is 15.5. The molecule has 0 saturated heterocycles. The molecule has 0 radical (unpaired) electrons. The normalized spacial score (nSPS) is 17.0. The SMILES string of the molecule is [2H]c1c([2H])c([2H])c(-c2c(C)c(C)c(C)c(-c3c([2H])c([2H])c([2H])c([2H])c3[2H])c2-n2[c](=[Pt])n(-c3[c-]c(Oc4[c-]c5c(cc4)c4c6c(ccc4n5-c4cc(C)ccn4)C(C)(C)C(C)(C)C6(C)C)ccc3)c3ccccc32)c([2H])c1[2H]. The van der Waals surface area contributed by atoms with E-state index in [1.807, 2.05) is 90.7 Å². The summed E-state index contributed by atoms with van der Waals surface area (Å²) in [6.07, 6.45) is 1.83. The quantitative estimate of drug-likeness (QED) is 0.149. The minimum absolute atomic E-state index is 0.0697. The van der Waals surface area contributed by atoms with Gasteiger partial charge in [0.25, 0.3) is 0 Å². The van der Waals surface area contributed by atoms with Gasteiger partial charge >= 0.3 is 326 Å². The van der Waals surface area contributed by atoms with Crippen molar-refractivity contribution in [1.29, 1.82) is 0 Å². The van der Waals surface area contributed by atoms with Gasteiger partial charge in [0.2, 0.25) is 0 Å². The van der Waals surface area contributed by atoms with E-state index in [-0.39, 0.29) is 44.2 Å². The standard InChI is InChI=1S/C61H54N4O.Pt/c1-38-32-33-62-53(34-38)65-51-31-30-48-57(60(7,8)61(9,10)59(48,5)6)56(51)47-29-28-46(36-52(47)65)66-45-25-19-24-44(35-45)63-37-64(50-27-18-17-26-49(50)63)58-54(42-20-13-11-14-21-42)40(3)39(2)41(4)55(58)43-22-15-12-16-23-43;/h11-34H,1-10H3;/q-2;/i11D,12D,13D,14D,15D,16D,20D,21D,22D,23D;. The summed E-state index contributed by atoms with van der Waals surface area (Å²) in [4.78, 5) is 4.89. The average molecular weight is 1060 g/mol. The van der Waals surface area contributed by atoms with Gasteiger partial charge in [0.05, 0.1) is 0 Å². The van der Waals surface area contributed by atoms with Gasteiger partial charge < -0.3 is 0 Å². The number of hydrogen-bond acceptors (Lipinski definition) is 2. The number of pyridine rings is 1. The molecule has 0 N–H and O–H groups in total. The predicted molar refractivity (Wildman–Crippen MR) is 272 cm³/mol. The molecule has 0 unspecified atom stereocenters. The summed E-state index contributed by atoms with van der Waals surface area (Å²) in [5.74, 6) is 1.62. The van der Waals surface area contributed by atoms with Gasteiger partial charge in [0.1, 0.15) is 0 Å². The van der Waals surface area contributed by atoms with Gasteiger partial charge in [-0.25, -0.2) is 0 Å². The van der Waals surface area contributed by atoms with Crippen LogP contribution in [0.2, 0.25) is 0 Å². The fourth-order valence-corrected chi connectivity index (χ4v) is 11.6. The summed E-state index contributed by atoms with van der Waals surface area (Å²) < 4.78 is 103. The summed E-state index contributed by atoms with van der Waals surface area (Å²) >= 11 is 2.19. The molecule has 3 heterocycles. The zero-order chi connectivity index (χ0) is 55.4. The van der Waals surface area contributed by atoms with E-state index in [4.69, 9.17) is 17.9 Å². The number of aryl methyl sites for hydroxylation is 1. The van der Waals surface area contributed by atoms with Crippen molar-refractivity contribution in [3.63, 3.8) is 0 Å². The second-order valence-corrected chi connectivity index (χ2v) is 20.3. The Morgan fingerprint density at radius 2 is 1.24 bits per heavy atom. The molecule has 11 rings (SSSR count). The van der Waals surface area contributed by atoms with Gasteiger partial charge in [-0.1, -0.05) is 47.6 Å². The molecule has 3 aromatic heterocycles. The number of nitrogens with zero attached hydrogens (tertiary/aromatic N) is 4. The fourth-order valence-electron chi connectivity index (χ4n) is 10.6. The first-order valence-electron chi connectivity index (χ1n) is 27.4. The van der Waals surface area contributed by atoms with Gasteiger partial charge in [-0.05, 0) is 40.4 Å². The minimum atomic E-state index is -0.558. The molecule has 0 bridgehead atoms. The van der Waals surface area contributed by atoms with Crippen LogP contribution >= 0.6 is 0 Å². The number of rotatable bonds is 7. The summed E-state index contributed by atoms with van der Waals surface area (Å²) in [6, 6.07) is 28.0. The Morgan fingerprint density at radius 1 is 0.612 bits per heavy atom. The van der Waals surface area contributed by atoms with Crippen LogP contribution in [0.25, 0.3) is 72.3 Å². The first kappa shape index (κ1) is 33.0. The summed E-state index contributed by atoms with van der Waals surface area (Å²) in [6.45, 7) is 21.7. The van der Waals surface area contributed by atoms with Crippen molar-refractivity contribution in [2.24, 2.45) is 5.41 Å². The van der Waals surface area contributed by atoms with Gasteiger partial charge in [-0.15, -0.1) is 0 Å². The zero-order valence-corrected chi connectivity index (χ0v) is 41.4. The van der Waals surface area contributed by atoms with Crippen molar-refractivity contribution < 1.29 is 37.8 Å². The number of ether oxygens (including phenoxy) is 1. The molecule has 7 aromatic carbocycles. The summed E-state index contributed by atoms with van der Waals surface area (Å²) in [7, 11) is 0. The maximum atomic E-state index is 9.32. The molecule has 0 saturated carbocycles. The third kappa shape index (κ3) is 6.30. The molecule has 0 aliphatic heterocycles. The van der Waals surface area contributed by atoms with Crippen LogP contribution < -0.4 is 4.74 Å². The molecule has 5 nitrogen and oxygen atoms in total. The van der Waals surface area contributed by atoms with E-state index in [9.17, 15) is 5.48 Å². The number of para-hydroxylation sites is 2. The fraction of sp³-hybridized carbons (Fsp3) is 0.213. The molecular formula is C61H54N4OPt-2. The van der Waals surface area contributed by atoms with Crippen molar-refractivity contribution >= 4 is 32.8 Å². The molecule has 0 amide bonds. The van der Waals surface area contributed by atoms with Crippen LogP contribution in [-0.2, 0) is 30.2 Å². The second-order valence-electron chi connectivity index (χ2n) is 19.2. The van der Waals surface area contributed by atoms with Crippen LogP contribution in [0.4, 0.5) is 0 Å². The van der Waals surface area contributed by atoms with Crippen molar-refractivity contribution in [2.75, 3.05) is 0 Å². The van der Waals surface area contributed by atoms with Crippen molar-refractivity contribution in [3.8, 4) is 50.9 Å². The molecule has 10 aromatic rings. The van der Waals surface area contributed by atoms with Gasteiger partial charge in [-0.3, -0.25) is 0 Å². The Morgan fingerprint density at radius 3 is 1.88 bits per heavy atom. The second kappa shape index (κ2) is 15.5. The van der Waals surface area contributed by atoms with Crippen LogP contribution in [0, 0.1) is 49.0 Å². The van der Waals surface area contributed by atoms with Crippen molar-refractivity contribution in [2.45, 2.75) is 80.1 Å². The molecule has 67 heavy (non-hydrogen) atoms. The monoisotopic (exact) mass is 1060 g/mol. The molecule has 1 aliphatic rings. The summed E-state index contributed by atoms with van der Waals surface area (Å²) in [5.41, 5.74) is 9.51. The van der Waals surface area contributed by atoms with E-state index in [1.54, 1.807) is 0 Å². The van der Waals surface area contributed by atoms with E-state index in [2.05, 4.69) is 109 Å². The number of aromatic nitrogens is 4. The van der Waals surface area contributed by atoms with Crippen LogP contribution in [0.3, 0.4) is 0 Å². The molecule has 0 spiro atoms. The third-order valence-electron chi connectivity index (χ3n) is 15.4. The van der Waals surface area contributed by atoms with Crippen molar-refractivity contribution in [1.82, 2.24) is 18.7 Å². The van der Waals surface area contributed by atoms with E-state index < -0.39 is 60.4 Å². The maximum absolute atomic E-state index is 9.32. The van der Waals surface area contributed by atoms with Crippen LogP contribution in [0.15, 0.2) is 145 Å². The van der Waals surface area contributed by atoms with Gasteiger partial charge in [0.15, 0.2) is 0 Å². The number of benzene rings is 7. The van der Waals surface area contributed by atoms with Crippen LogP contribution in [0.1, 0.15) is 88.6 Å². The third-order valence-corrected chi connectivity index (χ3v) is 16.4. The Kier molecular flexibility index (Phi) is 7.64. The Labute approximate surface area is 418 Å². The Hall–Kier alpha value is -6.55. The van der Waals surface area contributed by atoms with Crippen LogP contribution in [-0.4, -0.2) is 18.7 Å². The molecule has 0 atom stereocenters. The first-order valence-corrected chi connectivity index (χ1v) is 23.5. The molecular weight excluding hydrogens is 1000 g/mol. The van der Waals surface area contributed by atoms with E-state index in [0.717, 1.165) is 27.8 Å². The van der Waals surface area contributed by atoms with Crippen LogP contribution in [0.5, 0.6) is 11.5 Å². The topological polar surface area (TPSA) is 36.9 Å². The van der Waals surface area contributed by atoms with E-state index in [1.165, 1.54) is 16.5 Å². The molecule has 1 aliphatic carbocycles. The van der Waals surface area contributed by atoms with E-state index in [0.29, 0.717) is 48.7 Å².